The second-order valence-corrected chi connectivity index (χ2v) is 11.2. The number of hydrogen-bond acceptors (Lipinski definition) is 8. The summed E-state index contributed by atoms with van der Waals surface area (Å²) in [4.78, 5) is 16.3. The number of piperidine rings is 1. The highest BCUT2D eigenvalue weighted by Crippen LogP contribution is 2.38. The predicted molar refractivity (Wildman–Crippen MR) is 147 cm³/mol. The third-order valence-electron chi connectivity index (χ3n) is 8.26. The SMILES string of the molecule is COc1cc2c(NC(C3CCC3)N(C)C)nc(N3CCC(F)(F)CC3)nc2cc1OCCCN1CCCC1. The lowest BCUT2D eigenvalue weighted by Crippen LogP contribution is -2.45. The van der Waals surface area contributed by atoms with Gasteiger partial charge < -0.3 is 24.6 Å². The maximum absolute atomic E-state index is 13.9. The van der Waals surface area contributed by atoms with Crippen molar-refractivity contribution in [3.63, 3.8) is 0 Å². The lowest BCUT2D eigenvalue weighted by Gasteiger charge is -2.39. The van der Waals surface area contributed by atoms with Gasteiger partial charge >= 0.3 is 0 Å². The standard InChI is InChI=1S/C28H42F2N6O2/c1-34(2)26(20-8-6-9-20)32-25-21-18-23(37-3)24(38-17-7-14-35-12-4-5-13-35)19-22(21)31-27(33-25)36-15-10-28(29,30)11-16-36/h18-20,26H,4-17H2,1-3H3,(H,31,32,33). The van der Waals surface area contributed by atoms with Crippen LogP contribution < -0.4 is 19.7 Å². The quantitative estimate of drug-likeness (QED) is 0.326. The van der Waals surface area contributed by atoms with Gasteiger partial charge in [0, 0.05) is 43.9 Å². The number of nitrogens with zero attached hydrogens (tertiary/aromatic N) is 5. The van der Waals surface area contributed by atoms with Crippen molar-refractivity contribution in [3.05, 3.63) is 12.1 Å². The van der Waals surface area contributed by atoms with E-state index in [1.54, 1.807) is 7.11 Å². The molecule has 3 heterocycles. The number of halogens is 2. The van der Waals surface area contributed by atoms with Gasteiger partial charge in [-0.05, 0) is 71.3 Å². The van der Waals surface area contributed by atoms with Crippen LogP contribution in [-0.2, 0) is 0 Å². The molecule has 0 radical (unpaired) electrons. The first-order chi connectivity index (χ1) is 18.3. The molecule has 0 spiro atoms. The van der Waals surface area contributed by atoms with E-state index in [2.05, 4.69) is 29.2 Å². The number of hydrogen-bond donors (Lipinski definition) is 1. The zero-order valence-electron chi connectivity index (χ0n) is 23.0. The Kier molecular flexibility index (Phi) is 8.38. The predicted octanol–water partition coefficient (Wildman–Crippen LogP) is 4.84. The Hall–Kier alpha value is -2.46. The van der Waals surface area contributed by atoms with Crippen LogP contribution in [-0.4, -0.2) is 92.4 Å². The summed E-state index contributed by atoms with van der Waals surface area (Å²) in [6.07, 6.45) is 6.83. The second kappa shape index (κ2) is 11.7. The zero-order valence-corrected chi connectivity index (χ0v) is 23.0. The smallest absolute Gasteiger partial charge is 0.251 e. The van der Waals surface area contributed by atoms with Crippen molar-refractivity contribution in [2.45, 2.75) is 63.5 Å². The summed E-state index contributed by atoms with van der Waals surface area (Å²) >= 11 is 0. The number of nitrogens with one attached hydrogen (secondary N) is 1. The number of fused-ring (bicyclic) bond motifs is 1. The van der Waals surface area contributed by atoms with Crippen LogP contribution in [0.5, 0.6) is 11.5 Å². The maximum Gasteiger partial charge on any atom is 0.251 e. The average molecular weight is 533 g/mol. The minimum atomic E-state index is -2.63. The molecule has 2 aliphatic heterocycles. The monoisotopic (exact) mass is 532 g/mol. The van der Waals surface area contributed by atoms with Crippen molar-refractivity contribution in [3.8, 4) is 11.5 Å². The molecule has 10 heteroatoms. The first kappa shape index (κ1) is 27.1. The van der Waals surface area contributed by atoms with Crippen molar-refractivity contribution in [2.75, 3.05) is 70.8 Å². The molecule has 2 saturated heterocycles. The molecule has 1 N–H and O–H groups in total. The summed E-state index contributed by atoms with van der Waals surface area (Å²) in [5.41, 5.74) is 0.719. The van der Waals surface area contributed by atoms with Gasteiger partial charge in [-0.2, -0.15) is 4.98 Å². The molecule has 1 aliphatic carbocycles. The number of alkyl halides is 2. The molecular weight excluding hydrogens is 490 g/mol. The Balaban J connectivity index is 1.43. The Bertz CT molecular complexity index is 1080. The van der Waals surface area contributed by atoms with Gasteiger partial charge in [0.15, 0.2) is 11.5 Å². The van der Waals surface area contributed by atoms with Crippen LogP contribution in [0.15, 0.2) is 12.1 Å². The number of methoxy groups -OCH3 is 1. The molecule has 8 nitrogen and oxygen atoms in total. The number of ether oxygens (including phenoxy) is 2. The summed E-state index contributed by atoms with van der Waals surface area (Å²) in [5.74, 6) is 0.370. The summed E-state index contributed by atoms with van der Waals surface area (Å²) in [6, 6.07) is 3.85. The highest BCUT2D eigenvalue weighted by atomic mass is 19.3. The second-order valence-electron chi connectivity index (χ2n) is 11.2. The number of aromatic nitrogens is 2. The van der Waals surface area contributed by atoms with E-state index in [4.69, 9.17) is 19.4 Å². The lowest BCUT2D eigenvalue weighted by molar-refractivity contribution is -0.0222. The highest BCUT2D eigenvalue weighted by Gasteiger charge is 2.35. The minimum absolute atomic E-state index is 0.118. The van der Waals surface area contributed by atoms with E-state index in [1.807, 2.05) is 17.0 Å². The minimum Gasteiger partial charge on any atom is -0.493 e. The van der Waals surface area contributed by atoms with Gasteiger partial charge in [-0.25, -0.2) is 13.8 Å². The van der Waals surface area contributed by atoms with Crippen LogP contribution in [0.4, 0.5) is 20.5 Å². The van der Waals surface area contributed by atoms with Crippen molar-refractivity contribution < 1.29 is 18.3 Å². The van der Waals surface area contributed by atoms with Gasteiger partial charge in [0.05, 0.1) is 25.4 Å². The molecule has 210 valence electrons. The molecule has 0 amide bonds. The topological polar surface area (TPSA) is 66.0 Å². The first-order valence-electron chi connectivity index (χ1n) is 14.1. The van der Waals surface area contributed by atoms with E-state index in [1.165, 1.54) is 45.2 Å². The van der Waals surface area contributed by atoms with Gasteiger partial charge in [-0.3, -0.25) is 4.90 Å². The molecule has 1 atom stereocenters. The van der Waals surface area contributed by atoms with Crippen molar-refractivity contribution in [1.82, 2.24) is 19.8 Å². The third-order valence-corrected chi connectivity index (χ3v) is 8.26. The largest absolute Gasteiger partial charge is 0.493 e. The summed E-state index contributed by atoms with van der Waals surface area (Å²) in [6.45, 7) is 4.43. The van der Waals surface area contributed by atoms with Crippen molar-refractivity contribution >= 4 is 22.7 Å². The van der Waals surface area contributed by atoms with Gasteiger partial charge in [-0.15, -0.1) is 0 Å². The Morgan fingerprint density at radius 2 is 1.79 bits per heavy atom. The molecule has 1 saturated carbocycles. The summed E-state index contributed by atoms with van der Waals surface area (Å²) < 4.78 is 39.7. The van der Waals surface area contributed by atoms with Gasteiger partial charge in [0.25, 0.3) is 5.92 Å². The Morgan fingerprint density at radius 1 is 1.05 bits per heavy atom. The molecule has 1 aromatic heterocycles. The van der Waals surface area contributed by atoms with E-state index in [0.717, 1.165) is 23.9 Å². The molecule has 3 aliphatic rings. The third kappa shape index (κ3) is 6.22. The molecule has 3 fully saturated rings. The molecule has 2 aromatic rings. The van der Waals surface area contributed by atoms with Crippen LogP contribution in [0.3, 0.4) is 0 Å². The normalized spacial score (nSPS) is 21.1. The van der Waals surface area contributed by atoms with Gasteiger partial charge in [0.2, 0.25) is 5.95 Å². The van der Waals surface area contributed by atoms with Crippen LogP contribution in [0, 0.1) is 5.92 Å². The lowest BCUT2D eigenvalue weighted by atomic mass is 9.82. The van der Waals surface area contributed by atoms with E-state index < -0.39 is 5.92 Å². The number of anilines is 2. The van der Waals surface area contributed by atoms with Crippen LogP contribution in [0.25, 0.3) is 10.9 Å². The average Bonchev–Trinajstić information content (AvgIpc) is 3.38. The number of likely N-dealkylation sites (tertiary alicyclic amines) is 1. The van der Waals surface area contributed by atoms with Gasteiger partial charge in [-0.1, -0.05) is 6.42 Å². The van der Waals surface area contributed by atoms with E-state index in [-0.39, 0.29) is 32.1 Å². The summed E-state index contributed by atoms with van der Waals surface area (Å²) in [7, 11) is 5.79. The van der Waals surface area contributed by atoms with E-state index in [9.17, 15) is 8.78 Å². The molecule has 5 rings (SSSR count). The highest BCUT2D eigenvalue weighted by molar-refractivity contribution is 5.93. The van der Waals surface area contributed by atoms with Crippen LogP contribution >= 0.6 is 0 Å². The Morgan fingerprint density at radius 3 is 2.42 bits per heavy atom. The molecule has 1 aromatic carbocycles. The molecular formula is C28H42F2N6O2. The summed E-state index contributed by atoms with van der Waals surface area (Å²) in [5, 5.41) is 4.51. The maximum atomic E-state index is 13.9. The molecule has 0 bridgehead atoms. The fourth-order valence-electron chi connectivity index (χ4n) is 5.72. The molecule has 38 heavy (non-hydrogen) atoms. The van der Waals surface area contributed by atoms with Crippen molar-refractivity contribution in [1.29, 1.82) is 0 Å². The zero-order chi connectivity index (χ0) is 26.7. The van der Waals surface area contributed by atoms with E-state index >= 15 is 0 Å². The number of rotatable bonds is 11. The van der Waals surface area contributed by atoms with Crippen LogP contribution in [0.1, 0.15) is 51.4 Å². The van der Waals surface area contributed by atoms with E-state index in [0.29, 0.717) is 35.8 Å². The molecule has 1 unspecified atom stereocenters. The van der Waals surface area contributed by atoms with Crippen molar-refractivity contribution in [2.24, 2.45) is 5.92 Å². The fraction of sp³-hybridized carbons (Fsp3) is 0.714. The number of benzene rings is 1. The first-order valence-corrected chi connectivity index (χ1v) is 14.1. The Labute approximate surface area is 224 Å². The fourth-order valence-corrected chi connectivity index (χ4v) is 5.72. The van der Waals surface area contributed by atoms with Crippen LogP contribution in [0.2, 0.25) is 0 Å². The van der Waals surface area contributed by atoms with Gasteiger partial charge in [0.1, 0.15) is 5.82 Å².